The quantitative estimate of drug-likeness (QED) is 0.0943. The zero-order valence-corrected chi connectivity index (χ0v) is 31.8. The lowest BCUT2D eigenvalue weighted by Crippen LogP contribution is -2.44. The molecule has 2 nitrogen and oxygen atoms in total. The Morgan fingerprint density at radius 3 is 1.43 bits per heavy atom. The van der Waals surface area contributed by atoms with Gasteiger partial charge in [0.2, 0.25) is 0 Å². The molecule has 0 aliphatic rings. The van der Waals surface area contributed by atoms with Crippen molar-refractivity contribution in [1.29, 1.82) is 0 Å². The van der Waals surface area contributed by atoms with Gasteiger partial charge in [-0.25, -0.2) is 0 Å². The van der Waals surface area contributed by atoms with Crippen LogP contribution < -0.4 is 10.4 Å². The van der Waals surface area contributed by atoms with Crippen LogP contribution in [0.25, 0.3) is 5.57 Å². The van der Waals surface area contributed by atoms with Crippen LogP contribution >= 0.6 is 0 Å². The third-order valence-corrected chi connectivity index (χ3v) is 11.8. The van der Waals surface area contributed by atoms with Gasteiger partial charge in [0, 0.05) is 0 Å². The number of rotatable bonds is 12. The summed E-state index contributed by atoms with van der Waals surface area (Å²) in [5.74, 6) is 0. The molecule has 0 saturated carbocycles. The highest BCUT2D eigenvalue weighted by molar-refractivity contribution is 6.80. The summed E-state index contributed by atoms with van der Waals surface area (Å²) in [6.07, 6.45) is 2.26. The average molecular weight is 686 g/mol. The van der Waals surface area contributed by atoms with E-state index >= 15 is 0 Å². The van der Waals surface area contributed by atoms with Gasteiger partial charge in [-0.15, -0.1) is 0 Å². The molecule has 0 heterocycles. The molecule has 0 spiro atoms. The third kappa shape index (κ3) is 7.92. The number of hydrogen-bond donors (Lipinski definition) is 0. The van der Waals surface area contributed by atoms with Crippen molar-refractivity contribution >= 4 is 25.0 Å². The molecule has 6 rings (SSSR count). The molecule has 0 aromatic heterocycles. The van der Waals surface area contributed by atoms with Gasteiger partial charge in [-0.3, -0.25) is 0 Å². The van der Waals surface area contributed by atoms with Crippen molar-refractivity contribution < 1.29 is 9.16 Å². The maximum absolute atomic E-state index is 7.19. The Bertz CT molecular complexity index is 1900. The van der Waals surface area contributed by atoms with Gasteiger partial charge >= 0.3 is 0 Å². The Balaban J connectivity index is 1.41. The highest BCUT2D eigenvalue weighted by Gasteiger charge is 2.37. The fraction of sp³-hybridized carbons (Fsp3) is 0.208. The number of aryl methyl sites for hydroxylation is 1. The topological polar surface area (TPSA) is 18.5 Å². The molecule has 3 heteroatoms. The standard InChI is InChI=1S/C48H49O2Si/c1-36(32-33-49-48(40-22-12-7-13-23-40,41-24-14-8-15-25-41)42-26-16-9-17-27-42)45-38(3)46(47(4,5)6)37(2)34-39(45)35-50-51(43-28-18-10-19-29-43)44-30-20-11-21-31-44/h7-32,34H,33,35H2,1-6H3. The Morgan fingerprint density at radius 1 is 0.608 bits per heavy atom. The van der Waals surface area contributed by atoms with E-state index in [0.717, 1.165) is 16.7 Å². The summed E-state index contributed by atoms with van der Waals surface area (Å²) in [5.41, 5.74) is 10.1. The zero-order chi connectivity index (χ0) is 35.8. The summed E-state index contributed by atoms with van der Waals surface area (Å²) in [4.78, 5) is 0. The Hall–Kier alpha value is -4.80. The van der Waals surface area contributed by atoms with Crippen molar-refractivity contribution in [3.63, 3.8) is 0 Å². The van der Waals surface area contributed by atoms with Crippen LogP contribution in [0.5, 0.6) is 0 Å². The molecule has 0 unspecified atom stereocenters. The molecule has 0 N–H and O–H groups in total. The molecule has 6 aromatic rings. The van der Waals surface area contributed by atoms with Gasteiger partial charge in [-0.2, -0.15) is 0 Å². The van der Waals surface area contributed by atoms with E-state index in [4.69, 9.17) is 9.16 Å². The molecule has 0 fully saturated rings. The first-order chi connectivity index (χ1) is 24.7. The zero-order valence-electron chi connectivity index (χ0n) is 30.8. The predicted octanol–water partition coefficient (Wildman–Crippen LogP) is 10.3. The van der Waals surface area contributed by atoms with E-state index in [1.165, 1.54) is 43.8 Å². The lowest BCUT2D eigenvalue weighted by molar-refractivity contribution is 0.0321. The maximum atomic E-state index is 7.19. The lowest BCUT2D eigenvalue weighted by Gasteiger charge is -2.35. The number of allylic oxidation sites excluding steroid dienone is 1. The number of hydrogen-bond acceptors (Lipinski definition) is 2. The van der Waals surface area contributed by atoms with Crippen LogP contribution in [0.3, 0.4) is 0 Å². The monoisotopic (exact) mass is 685 g/mol. The van der Waals surface area contributed by atoms with Crippen molar-refractivity contribution in [2.24, 2.45) is 0 Å². The molecule has 0 aliphatic heterocycles. The minimum atomic E-state index is -1.47. The van der Waals surface area contributed by atoms with E-state index in [-0.39, 0.29) is 5.41 Å². The van der Waals surface area contributed by atoms with Gasteiger partial charge in [0.25, 0.3) is 9.04 Å². The summed E-state index contributed by atoms with van der Waals surface area (Å²) < 4.78 is 14.2. The summed E-state index contributed by atoms with van der Waals surface area (Å²) in [5, 5.41) is 2.49. The summed E-state index contributed by atoms with van der Waals surface area (Å²) in [7, 11) is -1.47. The van der Waals surface area contributed by atoms with Crippen LogP contribution in [0.15, 0.2) is 164 Å². The first-order valence-corrected chi connectivity index (χ1v) is 19.3. The van der Waals surface area contributed by atoms with Crippen molar-refractivity contribution in [2.45, 2.75) is 59.2 Å². The molecule has 51 heavy (non-hydrogen) atoms. The van der Waals surface area contributed by atoms with Crippen molar-refractivity contribution in [3.05, 3.63) is 208 Å². The van der Waals surface area contributed by atoms with Crippen LogP contribution in [0.1, 0.15) is 72.2 Å². The minimum absolute atomic E-state index is 0.00874. The van der Waals surface area contributed by atoms with Crippen LogP contribution in [0, 0.1) is 13.8 Å². The van der Waals surface area contributed by atoms with Crippen LogP contribution in [-0.4, -0.2) is 15.6 Å². The number of benzene rings is 6. The Kier molecular flexibility index (Phi) is 11.3. The molecular formula is C48H49O2Si. The highest BCUT2D eigenvalue weighted by Crippen LogP contribution is 2.41. The molecule has 6 aromatic carbocycles. The molecule has 0 aliphatic carbocycles. The van der Waals surface area contributed by atoms with Crippen molar-refractivity contribution in [1.82, 2.24) is 0 Å². The van der Waals surface area contributed by atoms with Gasteiger partial charge < -0.3 is 9.16 Å². The van der Waals surface area contributed by atoms with E-state index in [0.29, 0.717) is 13.2 Å². The van der Waals surface area contributed by atoms with Gasteiger partial charge in [0.05, 0.1) is 13.2 Å². The molecule has 0 saturated heterocycles. The molecular weight excluding hydrogens is 637 g/mol. The summed E-state index contributed by atoms with van der Waals surface area (Å²) >= 11 is 0. The van der Waals surface area contributed by atoms with E-state index in [1.807, 2.05) is 0 Å². The van der Waals surface area contributed by atoms with Gasteiger partial charge in [0.1, 0.15) is 5.60 Å². The van der Waals surface area contributed by atoms with E-state index in [2.05, 4.69) is 205 Å². The van der Waals surface area contributed by atoms with Crippen LogP contribution in [-0.2, 0) is 26.8 Å². The molecule has 257 valence electrons. The second-order valence-electron chi connectivity index (χ2n) is 14.3. The Morgan fingerprint density at radius 2 is 1.02 bits per heavy atom. The molecule has 0 amide bonds. The molecule has 0 bridgehead atoms. The van der Waals surface area contributed by atoms with Gasteiger partial charge in [-0.05, 0) is 86.6 Å². The highest BCUT2D eigenvalue weighted by atomic mass is 28.3. The predicted molar refractivity (Wildman–Crippen MR) is 216 cm³/mol. The normalized spacial score (nSPS) is 12.3. The van der Waals surface area contributed by atoms with Crippen molar-refractivity contribution in [3.8, 4) is 0 Å². The first-order valence-electron chi connectivity index (χ1n) is 17.9. The first kappa shape index (κ1) is 36.0. The molecule has 0 atom stereocenters. The van der Waals surface area contributed by atoms with E-state index < -0.39 is 14.6 Å². The third-order valence-electron chi connectivity index (χ3n) is 9.67. The summed E-state index contributed by atoms with van der Waals surface area (Å²) in [6, 6.07) is 55.5. The maximum Gasteiger partial charge on any atom is 0.283 e. The van der Waals surface area contributed by atoms with Crippen LogP contribution in [0.2, 0.25) is 0 Å². The number of ether oxygens (including phenoxy) is 1. The fourth-order valence-electron chi connectivity index (χ4n) is 7.71. The second-order valence-corrected chi connectivity index (χ2v) is 16.4. The SMILES string of the molecule is CC(=CCOC(c1ccccc1)(c1ccccc1)c1ccccc1)c1c(CO[Si](c2ccccc2)c2ccccc2)cc(C)c(C(C)(C)C)c1C. The van der Waals surface area contributed by atoms with E-state index in [9.17, 15) is 0 Å². The molecule has 1 radical (unpaired) electrons. The second kappa shape index (κ2) is 16.0. The average Bonchev–Trinajstić information content (AvgIpc) is 3.15. The van der Waals surface area contributed by atoms with Gasteiger partial charge in [-0.1, -0.05) is 185 Å². The Labute approximate surface area is 307 Å². The smallest absolute Gasteiger partial charge is 0.283 e. The largest absolute Gasteiger partial charge is 0.403 e. The minimum Gasteiger partial charge on any atom is -0.403 e. The summed E-state index contributed by atoms with van der Waals surface area (Å²) in [6.45, 7) is 14.6. The van der Waals surface area contributed by atoms with Crippen LogP contribution in [0.4, 0.5) is 0 Å². The van der Waals surface area contributed by atoms with E-state index in [1.54, 1.807) is 0 Å². The van der Waals surface area contributed by atoms with Crippen molar-refractivity contribution in [2.75, 3.05) is 6.61 Å². The fourth-order valence-corrected chi connectivity index (χ4v) is 9.67. The van der Waals surface area contributed by atoms with Gasteiger partial charge in [0.15, 0.2) is 0 Å². The lowest BCUT2D eigenvalue weighted by atomic mass is 9.77.